The van der Waals surface area contributed by atoms with E-state index in [-0.39, 0.29) is 17.8 Å². The van der Waals surface area contributed by atoms with Crippen molar-refractivity contribution in [2.45, 2.75) is 18.9 Å². The number of nitrogens with one attached hydrogen (secondary N) is 1. The van der Waals surface area contributed by atoms with Gasteiger partial charge in [-0.3, -0.25) is 4.79 Å². The summed E-state index contributed by atoms with van der Waals surface area (Å²) in [4.78, 5) is 14.5. The minimum atomic E-state index is -0.255. The van der Waals surface area contributed by atoms with Crippen LogP contribution in [0.2, 0.25) is 0 Å². The van der Waals surface area contributed by atoms with Crippen molar-refractivity contribution in [2.24, 2.45) is 5.92 Å². The third kappa shape index (κ3) is 3.41. The first-order chi connectivity index (χ1) is 10.2. The van der Waals surface area contributed by atoms with Crippen molar-refractivity contribution in [3.05, 3.63) is 35.6 Å². The first-order valence-corrected chi connectivity index (χ1v) is 7.57. The molecule has 0 spiro atoms. The fourth-order valence-corrected chi connectivity index (χ4v) is 3.12. The monoisotopic (exact) mass is 292 g/mol. The van der Waals surface area contributed by atoms with Gasteiger partial charge in [0.15, 0.2) is 0 Å². The van der Waals surface area contributed by atoms with E-state index in [1.165, 1.54) is 12.1 Å². The Morgan fingerprint density at radius 1 is 1.48 bits per heavy atom. The first-order valence-electron chi connectivity index (χ1n) is 7.57. The Balaban J connectivity index is 1.72. The summed E-state index contributed by atoms with van der Waals surface area (Å²) in [7, 11) is 0. The third-order valence-electron chi connectivity index (χ3n) is 4.28. The van der Waals surface area contributed by atoms with Gasteiger partial charge in [-0.05, 0) is 30.0 Å². The highest BCUT2D eigenvalue weighted by atomic mass is 19.1. The molecule has 2 aliphatic heterocycles. The largest absolute Gasteiger partial charge is 0.381 e. The predicted octanol–water partition coefficient (Wildman–Crippen LogP) is 1.73. The standard InChI is InChI=1S/C16H21FN2O2/c17-14-3-1-2-13(9-14)15-10-18-5-6-19(15)16(20)8-12-4-7-21-11-12/h1-3,9,12,15,18H,4-8,10-11H2. The zero-order chi connectivity index (χ0) is 14.7. The van der Waals surface area contributed by atoms with Crippen LogP contribution in [0, 0.1) is 11.7 Å². The maximum absolute atomic E-state index is 13.4. The molecule has 1 amide bonds. The molecule has 3 rings (SSSR count). The van der Waals surface area contributed by atoms with Crippen molar-refractivity contribution in [3.63, 3.8) is 0 Å². The van der Waals surface area contributed by atoms with Gasteiger partial charge < -0.3 is 15.0 Å². The lowest BCUT2D eigenvalue weighted by Gasteiger charge is -2.37. The van der Waals surface area contributed by atoms with Crippen LogP contribution >= 0.6 is 0 Å². The second-order valence-electron chi connectivity index (χ2n) is 5.80. The zero-order valence-electron chi connectivity index (χ0n) is 12.1. The molecule has 114 valence electrons. The molecule has 0 aromatic heterocycles. The zero-order valence-corrected chi connectivity index (χ0v) is 12.1. The molecule has 5 heteroatoms. The number of ether oxygens (including phenoxy) is 1. The smallest absolute Gasteiger partial charge is 0.223 e. The second-order valence-corrected chi connectivity index (χ2v) is 5.80. The molecule has 1 aromatic rings. The number of rotatable bonds is 3. The topological polar surface area (TPSA) is 41.6 Å². The number of benzene rings is 1. The summed E-state index contributed by atoms with van der Waals surface area (Å²) < 4.78 is 18.8. The summed E-state index contributed by atoms with van der Waals surface area (Å²) in [5.41, 5.74) is 0.859. The van der Waals surface area contributed by atoms with Crippen LogP contribution in [-0.2, 0) is 9.53 Å². The molecule has 0 aliphatic carbocycles. The molecule has 2 saturated heterocycles. The van der Waals surface area contributed by atoms with Gasteiger partial charge in [-0.25, -0.2) is 4.39 Å². The summed E-state index contributed by atoms with van der Waals surface area (Å²) in [5.74, 6) is 0.233. The van der Waals surface area contributed by atoms with E-state index in [0.29, 0.717) is 32.0 Å². The average Bonchev–Trinajstić information content (AvgIpc) is 3.00. The van der Waals surface area contributed by atoms with Crippen LogP contribution in [0.1, 0.15) is 24.4 Å². The molecule has 2 atom stereocenters. The van der Waals surface area contributed by atoms with Crippen LogP contribution in [0.25, 0.3) is 0 Å². The summed E-state index contributed by atoms with van der Waals surface area (Å²) >= 11 is 0. The second kappa shape index (κ2) is 6.54. The number of hydrogen-bond donors (Lipinski definition) is 1. The van der Waals surface area contributed by atoms with E-state index in [4.69, 9.17) is 4.74 Å². The number of halogens is 1. The Labute approximate surface area is 124 Å². The van der Waals surface area contributed by atoms with Crippen LogP contribution < -0.4 is 5.32 Å². The molecular weight excluding hydrogens is 271 g/mol. The maximum Gasteiger partial charge on any atom is 0.223 e. The van der Waals surface area contributed by atoms with Crippen LogP contribution in [0.3, 0.4) is 0 Å². The number of carbonyl (C=O) groups is 1. The van der Waals surface area contributed by atoms with E-state index < -0.39 is 0 Å². The van der Waals surface area contributed by atoms with Gasteiger partial charge in [-0.2, -0.15) is 0 Å². The Morgan fingerprint density at radius 3 is 3.14 bits per heavy atom. The van der Waals surface area contributed by atoms with Crippen LogP contribution in [0.15, 0.2) is 24.3 Å². The first kappa shape index (κ1) is 14.5. The van der Waals surface area contributed by atoms with Gasteiger partial charge in [-0.15, -0.1) is 0 Å². The van der Waals surface area contributed by atoms with Gasteiger partial charge in [0.25, 0.3) is 0 Å². The van der Waals surface area contributed by atoms with Crippen molar-refractivity contribution in [1.29, 1.82) is 0 Å². The lowest BCUT2D eigenvalue weighted by molar-refractivity contribution is -0.135. The minimum absolute atomic E-state index is 0.0794. The van der Waals surface area contributed by atoms with E-state index in [9.17, 15) is 9.18 Å². The van der Waals surface area contributed by atoms with E-state index >= 15 is 0 Å². The molecule has 2 aliphatic rings. The van der Waals surface area contributed by atoms with Crippen molar-refractivity contribution in [2.75, 3.05) is 32.8 Å². The Kier molecular flexibility index (Phi) is 4.51. The Bertz CT molecular complexity index is 503. The highest BCUT2D eigenvalue weighted by Gasteiger charge is 2.30. The fourth-order valence-electron chi connectivity index (χ4n) is 3.12. The normalized spacial score (nSPS) is 26.0. The lowest BCUT2D eigenvalue weighted by atomic mass is 9.99. The van der Waals surface area contributed by atoms with E-state index in [2.05, 4.69) is 5.32 Å². The van der Waals surface area contributed by atoms with Crippen molar-refractivity contribution >= 4 is 5.91 Å². The van der Waals surface area contributed by atoms with Crippen LogP contribution in [0.4, 0.5) is 4.39 Å². The molecule has 21 heavy (non-hydrogen) atoms. The minimum Gasteiger partial charge on any atom is -0.381 e. The highest BCUT2D eigenvalue weighted by molar-refractivity contribution is 5.77. The molecule has 1 aromatic carbocycles. The molecule has 2 unspecified atom stereocenters. The molecule has 0 bridgehead atoms. The van der Waals surface area contributed by atoms with Gasteiger partial charge in [0.1, 0.15) is 5.82 Å². The third-order valence-corrected chi connectivity index (χ3v) is 4.28. The van der Waals surface area contributed by atoms with Gasteiger partial charge >= 0.3 is 0 Å². The number of nitrogens with zero attached hydrogens (tertiary/aromatic N) is 1. The quantitative estimate of drug-likeness (QED) is 0.922. The van der Waals surface area contributed by atoms with Crippen LogP contribution in [-0.4, -0.2) is 43.7 Å². The van der Waals surface area contributed by atoms with Crippen molar-refractivity contribution < 1.29 is 13.9 Å². The Morgan fingerprint density at radius 2 is 2.38 bits per heavy atom. The molecule has 2 heterocycles. The van der Waals surface area contributed by atoms with E-state index in [0.717, 1.165) is 25.1 Å². The number of amides is 1. The SMILES string of the molecule is O=C(CC1CCOC1)N1CCNCC1c1cccc(F)c1. The van der Waals surface area contributed by atoms with E-state index in [1.54, 1.807) is 6.07 Å². The molecule has 2 fully saturated rings. The fraction of sp³-hybridized carbons (Fsp3) is 0.562. The Hall–Kier alpha value is -1.46. The summed E-state index contributed by atoms with van der Waals surface area (Å²) in [5, 5.41) is 3.29. The lowest BCUT2D eigenvalue weighted by Crippen LogP contribution is -2.49. The molecule has 0 radical (unpaired) electrons. The molecule has 1 N–H and O–H groups in total. The van der Waals surface area contributed by atoms with Gasteiger partial charge in [0.05, 0.1) is 6.04 Å². The summed E-state index contributed by atoms with van der Waals surface area (Å²) in [6.07, 6.45) is 1.49. The predicted molar refractivity (Wildman–Crippen MR) is 77.3 cm³/mol. The molecule has 0 saturated carbocycles. The van der Waals surface area contributed by atoms with Crippen LogP contribution in [0.5, 0.6) is 0 Å². The highest BCUT2D eigenvalue weighted by Crippen LogP contribution is 2.26. The summed E-state index contributed by atoms with van der Waals surface area (Å²) in [6, 6.07) is 6.47. The number of piperazine rings is 1. The number of hydrogen-bond acceptors (Lipinski definition) is 3. The average molecular weight is 292 g/mol. The summed E-state index contributed by atoms with van der Waals surface area (Å²) in [6.45, 7) is 3.58. The molecular formula is C16H21FN2O2. The molecule has 4 nitrogen and oxygen atoms in total. The van der Waals surface area contributed by atoms with Gasteiger partial charge in [0.2, 0.25) is 5.91 Å². The van der Waals surface area contributed by atoms with Gasteiger partial charge in [-0.1, -0.05) is 12.1 Å². The van der Waals surface area contributed by atoms with Crippen molar-refractivity contribution in [3.8, 4) is 0 Å². The number of carbonyl (C=O) groups excluding carboxylic acids is 1. The van der Waals surface area contributed by atoms with Crippen molar-refractivity contribution in [1.82, 2.24) is 10.2 Å². The van der Waals surface area contributed by atoms with E-state index in [1.807, 2.05) is 11.0 Å². The van der Waals surface area contributed by atoms with Gasteiger partial charge in [0, 0.05) is 39.3 Å². The maximum atomic E-state index is 13.4.